The van der Waals surface area contributed by atoms with Gasteiger partial charge in [-0.25, -0.2) is 15.8 Å². The first kappa shape index (κ1) is 13.1. The molecule has 8 heteroatoms. The fourth-order valence-electron chi connectivity index (χ4n) is 1.73. The third kappa shape index (κ3) is 3.09. The summed E-state index contributed by atoms with van der Waals surface area (Å²) < 4.78 is 5.57. The molecule has 2 atom stereocenters. The maximum absolute atomic E-state index is 11.3. The minimum atomic E-state index is -0.445. The Balaban J connectivity index is 1.82. The van der Waals surface area contributed by atoms with Crippen LogP contribution in [0.2, 0.25) is 0 Å². The van der Waals surface area contributed by atoms with Gasteiger partial charge in [-0.2, -0.15) is 0 Å². The molecule has 2 heterocycles. The Morgan fingerprint density at radius 3 is 3.00 bits per heavy atom. The van der Waals surface area contributed by atoms with Gasteiger partial charge in [0.25, 0.3) is 5.91 Å². The first-order valence-corrected chi connectivity index (χ1v) is 6.54. The number of hydrogen-bond donors (Lipinski definition) is 3. The largest absolute Gasteiger partial charge is 0.381 e. The molecule has 0 bridgehead atoms. The minimum absolute atomic E-state index is 0.0127. The van der Waals surface area contributed by atoms with Crippen LogP contribution in [-0.4, -0.2) is 33.8 Å². The Bertz CT molecular complexity index is 430. The molecule has 0 radical (unpaired) electrons. The Labute approximate surface area is 109 Å². The molecule has 0 saturated carbocycles. The fraction of sp³-hybridized carbons (Fsp3) is 0.500. The zero-order valence-corrected chi connectivity index (χ0v) is 10.5. The molecular weight excluding hydrogens is 254 g/mol. The third-order valence-corrected chi connectivity index (χ3v) is 3.77. The summed E-state index contributed by atoms with van der Waals surface area (Å²) in [6, 6.07) is 0. The topological polar surface area (TPSA) is 116 Å². The smallest absolute Gasteiger partial charge is 0.263 e. The van der Waals surface area contributed by atoms with Crippen LogP contribution in [0.1, 0.15) is 12.8 Å². The molecule has 1 aliphatic heterocycles. The Morgan fingerprint density at radius 2 is 2.28 bits per heavy atom. The van der Waals surface area contributed by atoms with Crippen LogP contribution in [-0.2, 0) is 9.53 Å². The van der Waals surface area contributed by atoms with Crippen LogP contribution >= 0.6 is 11.8 Å². The van der Waals surface area contributed by atoms with E-state index < -0.39 is 6.10 Å². The maximum atomic E-state index is 11.3. The van der Waals surface area contributed by atoms with Crippen LogP contribution < -0.4 is 17.0 Å². The third-order valence-electron chi connectivity index (χ3n) is 2.64. The van der Waals surface area contributed by atoms with Crippen molar-refractivity contribution in [2.24, 2.45) is 5.84 Å². The highest BCUT2D eigenvalue weighted by Gasteiger charge is 2.30. The average molecular weight is 269 g/mol. The van der Waals surface area contributed by atoms with E-state index in [0.717, 1.165) is 6.42 Å². The van der Waals surface area contributed by atoms with Gasteiger partial charge in [0.1, 0.15) is 11.1 Å². The lowest BCUT2D eigenvalue weighted by molar-refractivity contribution is -0.131. The van der Waals surface area contributed by atoms with Crippen LogP contribution in [0, 0.1) is 0 Å². The number of hydrogen-bond acceptors (Lipinski definition) is 7. The van der Waals surface area contributed by atoms with Crippen molar-refractivity contribution in [1.29, 1.82) is 0 Å². The number of nitrogens with zero attached hydrogens (tertiary/aromatic N) is 2. The summed E-state index contributed by atoms with van der Waals surface area (Å²) in [6.45, 7) is 0. The monoisotopic (exact) mass is 269 g/mol. The Hall–Kier alpha value is -1.38. The van der Waals surface area contributed by atoms with Gasteiger partial charge in [-0.15, -0.1) is 0 Å². The number of carbonyl (C=O) groups excluding carboxylic acids is 1. The predicted molar refractivity (Wildman–Crippen MR) is 67.4 cm³/mol. The zero-order valence-electron chi connectivity index (χ0n) is 9.70. The van der Waals surface area contributed by atoms with Crippen LogP contribution in [0.25, 0.3) is 0 Å². The molecule has 0 aromatic carbocycles. The number of nitrogen functional groups attached to an aromatic ring is 1. The normalized spacial score (nSPS) is 22.9. The molecule has 0 aliphatic carbocycles. The molecule has 1 aliphatic rings. The van der Waals surface area contributed by atoms with E-state index in [0.29, 0.717) is 23.0 Å². The number of ether oxygens (including phenoxy) is 1. The van der Waals surface area contributed by atoms with Crippen molar-refractivity contribution >= 4 is 23.5 Å². The van der Waals surface area contributed by atoms with Crippen molar-refractivity contribution in [3.8, 4) is 0 Å². The van der Waals surface area contributed by atoms with Crippen LogP contribution in [0.4, 0.5) is 5.82 Å². The van der Waals surface area contributed by atoms with Crippen molar-refractivity contribution in [3.63, 3.8) is 0 Å². The second-order valence-corrected chi connectivity index (χ2v) is 4.90. The van der Waals surface area contributed by atoms with Gasteiger partial charge >= 0.3 is 0 Å². The second-order valence-electron chi connectivity index (χ2n) is 3.89. The number of aromatic nitrogens is 2. The highest BCUT2D eigenvalue weighted by molar-refractivity contribution is 7.99. The number of nitrogens with one attached hydrogen (secondary N) is 1. The molecule has 5 N–H and O–H groups in total. The van der Waals surface area contributed by atoms with E-state index in [9.17, 15) is 4.79 Å². The molecule has 18 heavy (non-hydrogen) atoms. The van der Waals surface area contributed by atoms with Gasteiger partial charge in [-0.3, -0.25) is 10.2 Å². The van der Waals surface area contributed by atoms with E-state index in [4.69, 9.17) is 16.3 Å². The number of rotatable bonds is 4. The molecule has 1 aromatic rings. The first-order chi connectivity index (χ1) is 8.70. The molecule has 1 aromatic heterocycles. The molecule has 2 unspecified atom stereocenters. The first-order valence-electron chi connectivity index (χ1n) is 5.56. The molecular formula is C10H15N5O2S. The van der Waals surface area contributed by atoms with Crippen LogP contribution in [0.5, 0.6) is 0 Å². The summed E-state index contributed by atoms with van der Waals surface area (Å²) in [5.74, 6) is 5.89. The van der Waals surface area contributed by atoms with Crippen molar-refractivity contribution in [1.82, 2.24) is 15.4 Å². The predicted octanol–water partition coefficient (Wildman–Crippen LogP) is -0.312. The summed E-state index contributed by atoms with van der Waals surface area (Å²) in [6.07, 6.45) is 4.22. The number of nitrogens with two attached hydrogens (primary N) is 2. The van der Waals surface area contributed by atoms with E-state index in [-0.39, 0.29) is 12.0 Å². The Morgan fingerprint density at radius 1 is 1.50 bits per heavy atom. The molecule has 0 spiro atoms. The number of hydrazine groups is 1. The quantitative estimate of drug-likeness (QED) is 0.297. The number of anilines is 1. The maximum Gasteiger partial charge on any atom is 0.263 e. The molecule has 1 saturated heterocycles. The van der Waals surface area contributed by atoms with Gasteiger partial charge in [-0.1, -0.05) is 11.8 Å². The average Bonchev–Trinajstić information content (AvgIpc) is 2.86. The molecule has 7 nitrogen and oxygen atoms in total. The SMILES string of the molecule is NNC(=O)C1CCC(CSc2nccnc2N)O1. The number of carbonyl (C=O) groups is 1. The van der Waals surface area contributed by atoms with E-state index in [1.165, 1.54) is 11.8 Å². The molecule has 98 valence electrons. The summed E-state index contributed by atoms with van der Waals surface area (Å²) in [7, 11) is 0. The molecule has 1 fully saturated rings. The van der Waals surface area contributed by atoms with Gasteiger partial charge in [0.05, 0.1) is 6.10 Å². The summed E-state index contributed by atoms with van der Waals surface area (Å²) in [4.78, 5) is 19.4. The van der Waals surface area contributed by atoms with E-state index in [1.54, 1.807) is 12.4 Å². The van der Waals surface area contributed by atoms with Crippen LogP contribution in [0.15, 0.2) is 17.4 Å². The van der Waals surface area contributed by atoms with Gasteiger partial charge in [-0.05, 0) is 12.8 Å². The van der Waals surface area contributed by atoms with E-state index in [2.05, 4.69) is 15.4 Å². The van der Waals surface area contributed by atoms with Crippen molar-refractivity contribution in [2.75, 3.05) is 11.5 Å². The van der Waals surface area contributed by atoms with Crippen molar-refractivity contribution in [3.05, 3.63) is 12.4 Å². The molecule has 1 amide bonds. The lowest BCUT2D eigenvalue weighted by Gasteiger charge is -2.12. The zero-order chi connectivity index (χ0) is 13.0. The summed E-state index contributed by atoms with van der Waals surface area (Å²) in [5.41, 5.74) is 7.78. The van der Waals surface area contributed by atoms with Gasteiger partial charge in [0.2, 0.25) is 0 Å². The minimum Gasteiger partial charge on any atom is -0.381 e. The lowest BCUT2D eigenvalue weighted by Crippen LogP contribution is -2.39. The standard InChI is InChI=1S/C10H15N5O2S/c11-8-10(14-4-3-13-8)18-5-6-1-2-7(17-6)9(16)15-12/h3-4,6-7H,1-2,5,12H2,(H2,11,13)(H,15,16). The summed E-state index contributed by atoms with van der Waals surface area (Å²) >= 11 is 1.48. The molecule has 2 rings (SSSR count). The van der Waals surface area contributed by atoms with Gasteiger partial charge in [0.15, 0.2) is 5.82 Å². The van der Waals surface area contributed by atoms with E-state index in [1.807, 2.05) is 0 Å². The highest BCUT2D eigenvalue weighted by Crippen LogP contribution is 2.27. The van der Waals surface area contributed by atoms with Crippen LogP contribution in [0.3, 0.4) is 0 Å². The lowest BCUT2D eigenvalue weighted by atomic mass is 10.2. The van der Waals surface area contributed by atoms with E-state index >= 15 is 0 Å². The summed E-state index contributed by atoms with van der Waals surface area (Å²) in [5, 5.41) is 0.688. The number of amides is 1. The Kier molecular flexibility index (Phi) is 4.34. The van der Waals surface area contributed by atoms with Crippen molar-refractivity contribution < 1.29 is 9.53 Å². The number of thioether (sulfide) groups is 1. The van der Waals surface area contributed by atoms with Crippen molar-refractivity contribution in [2.45, 2.75) is 30.1 Å². The highest BCUT2D eigenvalue weighted by atomic mass is 32.2. The fourth-order valence-corrected chi connectivity index (χ4v) is 2.66. The second kappa shape index (κ2) is 5.98. The van der Waals surface area contributed by atoms with Gasteiger partial charge in [0, 0.05) is 18.1 Å². The van der Waals surface area contributed by atoms with Gasteiger partial charge < -0.3 is 10.5 Å².